The van der Waals surface area contributed by atoms with Crippen LogP contribution in [0.2, 0.25) is 0 Å². The Morgan fingerprint density at radius 2 is 2.16 bits per heavy atom. The molecular formula is C15H21FN2O. The van der Waals surface area contributed by atoms with Crippen LogP contribution in [0.5, 0.6) is 0 Å². The third-order valence-corrected chi connectivity index (χ3v) is 3.89. The number of nitrogens with one attached hydrogen (secondary N) is 1. The molecule has 3 nitrogen and oxygen atoms in total. The van der Waals surface area contributed by atoms with Gasteiger partial charge in [-0.1, -0.05) is 18.9 Å². The fourth-order valence-electron chi connectivity index (χ4n) is 2.66. The lowest BCUT2D eigenvalue weighted by molar-refractivity contribution is -0.117. The second kappa shape index (κ2) is 6.15. The van der Waals surface area contributed by atoms with Crippen molar-refractivity contribution in [1.29, 1.82) is 0 Å². The molecule has 0 heterocycles. The SMILES string of the molecule is Cc1ccc(F)cc1NC(=O)CC1CCCCC1N. The first-order valence-corrected chi connectivity index (χ1v) is 6.88. The van der Waals surface area contributed by atoms with Crippen LogP contribution < -0.4 is 11.1 Å². The average molecular weight is 264 g/mol. The Kier molecular flexibility index (Phi) is 4.53. The summed E-state index contributed by atoms with van der Waals surface area (Å²) < 4.78 is 13.1. The molecule has 1 aromatic carbocycles. The predicted molar refractivity (Wildman–Crippen MR) is 74.3 cm³/mol. The molecule has 3 N–H and O–H groups in total. The zero-order valence-electron chi connectivity index (χ0n) is 11.3. The second-order valence-electron chi connectivity index (χ2n) is 5.42. The van der Waals surface area contributed by atoms with Crippen molar-refractivity contribution in [2.24, 2.45) is 11.7 Å². The summed E-state index contributed by atoms with van der Waals surface area (Å²) in [5.41, 5.74) is 7.45. The van der Waals surface area contributed by atoms with Crippen LogP contribution in [0.15, 0.2) is 18.2 Å². The van der Waals surface area contributed by atoms with Crippen LogP contribution >= 0.6 is 0 Å². The zero-order valence-corrected chi connectivity index (χ0v) is 11.3. The summed E-state index contributed by atoms with van der Waals surface area (Å²) >= 11 is 0. The van der Waals surface area contributed by atoms with Gasteiger partial charge in [0.2, 0.25) is 5.91 Å². The second-order valence-corrected chi connectivity index (χ2v) is 5.42. The van der Waals surface area contributed by atoms with Crippen molar-refractivity contribution in [3.8, 4) is 0 Å². The van der Waals surface area contributed by atoms with E-state index in [1.807, 2.05) is 6.92 Å². The molecule has 0 aromatic heterocycles. The van der Waals surface area contributed by atoms with E-state index in [4.69, 9.17) is 5.73 Å². The van der Waals surface area contributed by atoms with Crippen LogP contribution in [0.1, 0.15) is 37.7 Å². The molecular weight excluding hydrogens is 243 g/mol. The molecule has 0 aliphatic heterocycles. The Bertz CT molecular complexity index is 461. The van der Waals surface area contributed by atoms with Gasteiger partial charge in [0.25, 0.3) is 0 Å². The Labute approximate surface area is 113 Å². The van der Waals surface area contributed by atoms with Gasteiger partial charge in [0, 0.05) is 18.2 Å². The lowest BCUT2D eigenvalue weighted by Crippen LogP contribution is -2.35. The van der Waals surface area contributed by atoms with Gasteiger partial charge < -0.3 is 11.1 Å². The highest BCUT2D eigenvalue weighted by molar-refractivity contribution is 5.91. The van der Waals surface area contributed by atoms with Crippen molar-refractivity contribution in [1.82, 2.24) is 0 Å². The van der Waals surface area contributed by atoms with Gasteiger partial charge in [0.15, 0.2) is 0 Å². The van der Waals surface area contributed by atoms with Gasteiger partial charge in [0.05, 0.1) is 0 Å². The van der Waals surface area contributed by atoms with E-state index in [1.165, 1.54) is 12.1 Å². The van der Waals surface area contributed by atoms with Crippen molar-refractivity contribution in [3.05, 3.63) is 29.6 Å². The number of halogens is 1. The average Bonchev–Trinajstić information content (AvgIpc) is 2.37. The zero-order chi connectivity index (χ0) is 13.8. The number of carbonyl (C=O) groups excluding carboxylic acids is 1. The summed E-state index contributed by atoms with van der Waals surface area (Å²) in [6.45, 7) is 1.85. The number of anilines is 1. The number of aryl methyl sites for hydroxylation is 1. The van der Waals surface area contributed by atoms with Crippen molar-refractivity contribution in [3.63, 3.8) is 0 Å². The summed E-state index contributed by atoms with van der Waals surface area (Å²) in [6.07, 6.45) is 4.73. The Morgan fingerprint density at radius 1 is 1.42 bits per heavy atom. The number of rotatable bonds is 3. The van der Waals surface area contributed by atoms with E-state index in [0.717, 1.165) is 31.2 Å². The summed E-state index contributed by atoms with van der Waals surface area (Å²) in [6, 6.07) is 4.53. The van der Waals surface area contributed by atoms with E-state index >= 15 is 0 Å². The van der Waals surface area contributed by atoms with E-state index in [1.54, 1.807) is 6.07 Å². The Morgan fingerprint density at radius 3 is 2.89 bits per heavy atom. The van der Waals surface area contributed by atoms with Crippen LogP contribution in [-0.4, -0.2) is 11.9 Å². The molecule has 2 unspecified atom stereocenters. The Hall–Kier alpha value is -1.42. The van der Waals surface area contributed by atoms with Gasteiger partial charge >= 0.3 is 0 Å². The highest BCUT2D eigenvalue weighted by atomic mass is 19.1. The predicted octanol–water partition coefficient (Wildman–Crippen LogP) is 2.98. The first-order chi connectivity index (χ1) is 9.06. The van der Waals surface area contributed by atoms with Gasteiger partial charge in [-0.15, -0.1) is 0 Å². The largest absolute Gasteiger partial charge is 0.327 e. The molecule has 4 heteroatoms. The quantitative estimate of drug-likeness (QED) is 0.881. The molecule has 1 aliphatic carbocycles. The molecule has 0 radical (unpaired) electrons. The van der Waals surface area contributed by atoms with Crippen LogP contribution in [0.25, 0.3) is 0 Å². The van der Waals surface area contributed by atoms with E-state index in [9.17, 15) is 9.18 Å². The lowest BCUT2D eigenvalue weighted by atomic mass is 9.83. The molecule has 0 saturated heterocycles. The van der Waals surface area contributed by atoms with Crippen molar-refractivity contribution < 1.29 is 9.18 Å². The van der Waals surface area contributed by atoms with E-state index in [-0.39, 0.29) is 23.7 Å². The fourth-order valence-corrected chi connectivity index (χ4v) is 2.66. The maximum Gasteiger partial charge on any atom is 0.224 e. The normalized spacial score (nSPS) is 23.1. The molecule has 0 spiro atoms. The minimum absolute atomic E-state index is 0.0731. The topological polar surface area (TPSA) is 55.1 Å². The molecule has 1 saturated carbocycles. The molecule has 19 heavy (non-hydrogen) atoms. The maximum absolute atomic E-state index is 13.1. The summed E-state index contributed by atoms with van der Waals surface area (Å²) in [7, 11) is 0. The van der Waals surface area contributed by atoms with Gasteiger partial charge in [-0.3, -0.25) is 4.79 Å². The van der Waals surface area contributed by atoms with Gasteiger partial charge in [-0.25, -0.2) is 4.39 Å². The Balaban J connectivity index is 1.95. The first-order valence-electron chi connectivity index (χ1n) is 6.88. The monoisotopic (exact) mass is 264 g/mol. The van der Waals surface area contributed by atoms with Crippen molar-refractivity contribution in [2.75, 3.05) is 5.32 Å². The lowest BCUT2D eigenvalue weighted by Gasteiger charge is -2.28. The summed E-state index contributed by atoms with van der Waals surface area (Å²) in [5.74, 6) is -0.158. The standard InChI is InChI=1S/C15H21FN2O/c1-10-6-7-12(16)9-14(10)18-15(19)8-11-4-2-3-5-13(11)17/h6-7,9,11,13H,2-5,8,17H2,1H3,(H,18,19). The number of nitrogens with two attached hydrogens (primary N) is 1. The van der Waals surface area contributed by atoms with Crippen LogP contribution in [0.3, 0.4) is 0 Å². The van der Waals surface area contributed by atoms with Gasteiger partial charge in [0.1, 0.15) is 5.82 Å². The fraction of sp³-hybridized carbons (Fsp3) is 0.533. The van der Waals surface area contributed by atoms with Crippen molar-refractivity contribution in [2.45, 2.75) is 45.1 Å². The number of benzene rings is 1. The molecule has 1 fully saturated rings. The van der Waals surface area contributed by atoms with Crippen LogP contribution in [0, 0.1) is 18.7 Å². The molecule has 1 aliphatic rings. The molecule has 2 atom stereocenters. The summed E-state index contributed by atoms with van der Waals surface area (Å²) in [5, 5.41) is 2.78. The molecule has 1 amide bonds. The van der Waals surface area contributed by atoms with Gasteiger partial charge in [-0.05, 0) is 43.4 Å². The van der Waals surface area contributed by atoms with E-state index in [0.29, 0.717) is 12.1 Å². The smallest absolute Gasteiger partial charge is 0.224 e. The third kappa shape index (κ3) is 3.77. The van der Waals surface area contributed by atoms with Crippen LogP contribution in [0.4, 0.5) is 10.1 Å². The number of amides is 1. The van der Waals surface area contributed by atoms with Crippen molar-refractivity contribution >= 4 is 11.6 Å². The molecule has 104 valence electrons. The number of carbonyl (C=O) groups is 1. The number of hydrogen-bond acceptors (Lipinski definition) is 2. The molecule has 2 rings (SSSR count). The highest BCUT2D eigenvalue weighted by Crippen LogP contribution is 2.26. The molecule has 1 aromatic rings. The van der Waals surface area contributed by atoms with Crippen LogP contribution in [-0.2, 0) is 4.79 Å². The highest BCUT2D eigenvalue weighted by Gasteiger charge is 2.24. The number of hydrogen-bond donors (Lipinski definition) is 2. The first kappa shape index (κ1) is 14.0. The van der Waals surface area contributed by atoms with E-state index < -0.39 is 0 Å². The van der Waals surface area contributed by atoms with E-state index in [2.05, 4.69) is 5.32 Å². The maximum atomic E-state index is 13.1. The minimum Gasteiger partial charge on any atom is -0.327 e. The third-order valence-electron chi connectivity index (χ3n) is 3.89. The minimum atomic E-state index is -0.338. The summed E-state index contributed by atoms with van der Waals surface area (Å²) in [4.78, 5) is 12.0. The van der Waals surface area contributed by atoms with Gasteiger partial charge in [-0.2, -0.15) is 0 Å². The molecule has 0 bridgehead atoms.